The van der Waals surface area contributed by atoms with Crippen molar-refractivity contribution in [1.82, 2.24) is 4.98 Å². The molecular formula is C21H25N3O5S2. The van der Waals surface area contributed by atoms with Crippen LogP contribution in [0.2, 0.25) is 0 Å². The van der Waals surface area contributed by atoms with E-state index >= 15 is 0 Å². The molecule has 1 atom stereocenters. The SMILES string of the molecule is C=CCNc1nc(C(=O)OCC(=O)Nc2sc3c(c2C(=O)OCC)CC[C@@H](C)C3)cs1. The molecule has 3 rings (SSSR count). The average molecular weight is 464 g/mol. The molecule has 0 bridgehead atoms. The lowest BCUT2D eigenvalue weighted by atomic mass is 9.88. The number of esters is 2. The molecule has 2 aromatic rings. The fourth-order valence-electron chi connectivity index (χ4n) is 3.23. The molecule has 0 aliphatic heterocycles. The summed E-state index contributed by atoms with van der Waals surface area (Å²) in [5, 5.41) is 8.27. The molecule has 0 saturated heterocycles. The van der Waals surface area contributed by atoms with Crippen LogP contribution >= 0.6 is 22.7 Å². The molecule has 0 saturated carbocycles. The second-order valence-electron chi connectivity index (χ2n) is 7.11. The number of rotatable bonds is 9. The Morgan fingerprint density at radius 2 is 2.13 bits per heavy atom. The van der Waals surface area contributed by atoms with Crippen LogP contribution in [-0.2, 0) is 27.1 Å². The summed E-state index contributed by atoms with van der Waals surface area (Å²) in [6.45, 7) is 7.81. The van der Waals surface area contributed by atoms with E-state index in [4.69, 9.17) is 9.47 Å². The van der Waals surface area contributed by atoms with E-state index in [2.05, 4.69) is 29.1 Å². The van der Waals surface area contributed by atoms with Crippen LogP contribution in [0, 0.1) is 5.92 Å². The van der Waals surface area contributed by atoms with Gasteiger partial charge in [0.15, 0.2) is 17.4 Å². The normalized spacial score (nSPS) is 15.0. The third-order valence-electron chi connectivity index (χ3n) is 4.69. The summed E-state index contributed by atoms with van der Waals surface area (Å²) in [6.07, 6.45) is 4.30. The van der Waals surface area contributed by atoms with Crippen molar-refractivity contribution in [2.75, 3.05) is 30.4 Å². The van der Waals surface area contributed by atoms with Crippen LogP contribution in [0.4, 0.5) is 10.1 Å². The number of aromatic nitrogens is 1. The molecule has 0 fully saturated rings. The monoisotopic (exact) mass is 463 g/mol. The molecule has 0 radical (unpaired) electrons. The van der Waals surface area contributed by atoms with E-state index in [0.29, 0.717) is 28.2 Å². The van der Waals surface area contributed by atoms with Gasteiger partial charge in [-0.1, -0.05) is 13.0 Å². The van der Waals surface area contributed by atoms with E-state index < -0.39 is 24.5 Å². The number of thiophene rings is 1. The Bertz CT molecular complexity index is 982. The average Bonchev–Trinajstić information content (AvgIpc) is 3.34. The number of amides is 1. The van der Waals surface area contributed by atoms with Gasteiger partial charge < -0.3 is 20.1 Å². The van der Waals surface area contributed by atoms with Crippen LogP contribution in [-0.4, -0.2) is 42.6 Å². The van der Waals surface area contributed by atoms with Crippen LogP contribution in [0.25, 0.3) is 0 Å². The van der Waals surface area contributed by atoms with Gasteiger partial charge in [0.2, 0.25) is 0 Å². The molecule has 2 aromatic heterocycles. The van der Waals surface area contributed by atoms with Crippen LogP contribution < -0.4 is 10.6 Å². The van der Waals surface area contributed by atoms with E-state index in [-0.39, 0.29) is 12.3 Å². The molecule has 31 heavy (non-hydrogen) atoms. The number of ether oxygens (including phenoxy) is 2. The Hall–Kier alpha value is -2.72. The summed E-state index contributed by atoms with van der Waals surface area (Å²) in [7, 11) is 0. The zero-order valence-electron chi connectivity index (χ0n) is 17.5. The predicted molar refractivity (Wildman–Crippen MR) is 121 cm³/mol. The van der Waals surface area contributed by atoms with E-state index in [1.807, 2.05) is 0 Å². The fourth-order valence-corrected chi connectivity index (χ4v) is 5.34. The Morgan fingerprint density at radius 1 is 1.32 bits per heavy atom. The minimum absolute atomic E-state index is 0.122. The van der Waals surface area contributed by atoms with Crippen LogP contribution in [0.3, 0.4) is 0 Å². The number of fused-ring (bicyclic) bond motifs is 1. The summed E-state index contributed by atoms with van der Waals surface area (Å²) >= 11 is 2.65. The smallest absolute Gasteiger partial charge is 0.358 e. The van der Waals surface area contributed by atoms with Crippen LogP contribution in [0.1, 0.15) is 51.6 Å². The summed E-state index contributed by atoms with van der Waals surface area (Å²) in [6, 6.07) is 0. The number of hydrogen-bond acceptors (Lipinski definition) is 9. The first-order chi connectivity index (χ1) is 14.9. The fraction of sp³-hybridized carbons (Fsp3) is 0.429. The van der Waals surface area contributed by atoms with Crippen molar-refractivity contribution in [3.8, 4) is 0 Å². The molecule has 0 unspecified atom stereocenters. The third-order valence-corrected chi connectivity index (χ3v) is 6.66. The summed E-state index contributed by atoms with van der Waals surface area (Å²) in [4.78, 5) is 42.3. The maximum absolute atomic E-state index is 12.5. The Balaban J connectivity index is 1.64. The maximum Gasteiger partial charge on any atom is 0.358 e. The summed E-state index contributed by atoms with van der Waals surface area (Å²) in [5.74, 6) is -1.13. The van der Waals surface area contributed by atoms with Crippen LogP contribution in [0.5, 0.6) is 0 Å². The van der Waals surface area contributed by atoms with Gasteiger partial charge in [0, 0.05) is 16.8 Å². The molecule has 166 valence electrons. The minimum atomic E-state index is -0.692. The van der Waals surface area contributed by atoms with Crippen molar-refractivity contribution in [3.63, 3.8) is 0 Å². The third kappa shape index (κ3) is 5.71. The molecule has 1 amide bonds. The first-order valence-electron chi connectivity index (χ1n) is 10.0. The molecule has 0 spiro atoms. The lowest BCUT2D eigenvalue weighted by Crippen LogP contribution is -2.22. The molecule has 2 heterocycles. The van der Waals surface area contributed by atoms with Gasteiger partial charge in [-0.25, -0.2) is 14.6 Å². The standard InChI is InChI=1S/C21H25N3O5S2/c1-4-8-22-21-23-14(11-30-21)19(26)29-10-16(25)24-18-17(20(27)28-5-2)13-7-6-12(3)9-15(13)31-18/h4,11-12H,1,5-10H2,2-3H3,(H,22,23)(H,24,25)/t12-/m1/s1. The largest absolute Gasteiger partial charge is 0.462 e. The van der Waals surface area contributed by atoms with Gasteiger partial charge in [0.1, 0.15) is 5.00 Å². The quantitative estimate of drug-likeness (QED) is 0.429. The van der Waals surface area contributed by atoms with E-state index in [9.17, 15) is 14.4 Å². The highest BCUT2D eigenvalue weighted by Crippen LogP contribution is 2.40. The van der Waals surface area contributed by atoms with Crippen molar-refractivity contribution in [2.45, 2.75) is 33.1 Å². The lowest BCUT2D eigenvalue weighted by molar-refractivity contribution is -0.119. The molecular weight excluding hydrogens is 438 g/mol. The van der Waals surface area contributed by atoms with Crippen molar-refractivity contribution in [1.29, 1.82) is 0 Å². The van der Waals surface area contributed by atoms with Gasteiger partial charge in [0.25, 0.3) is 5.91 Å². The number of carbonyl (C=O) groups is 3. The van der Waals surface area contributed by atoms with Crippen molar-refractivity contribution in [2.24, 2.45) is 5.92 Å². The van der Waals surface area contributed by atoms with Gasteiger partial charge in [-0.2, -0.15) is 0 Å². The second-order valence-corrected chi connectivity index (χ2v) is 9.07. The summed E-state index contributed by atoms with van der Waals surface area (Å²) in [5.41, 5.74) is 1.50. The molecule has 10 heteroatoms. The minimum Gasteiger partial charge on any atom is -0.462 e. The highest BCUT2D eigenvalue weighted by Gasteiger charge is 2.29. The van der Waals surface area contributed by atoms with Crippen molar-refractivity contribution < 1.29 is 23.9 Å². The number of carbonyl (C=O) groups excluding carboxylic acids is 3. The highest BCUT2D eigenvalue weighted by molar-refractivity contribution is 7.17. The first kappa shape index (κ1) is 23.0. The Morgan fingerprint density at radius 3 is 2.87 bits per heavy atom. The molecule has 2 N–H and O–H groups in total. The summed E-state index contributed by atoms with van der Waals surface area (Å²) < 4.78 is 10.3. The number of hydrogen-bond donors (Lipinski definition) is 2. The van der Waals surface area contributed by atoms with Crippen LogP contribution in [0.15, 0.2) is 18.0 Å². The lowest BCUT2D eigenvalue weighted by Gasteiger charge is -2.18. The number of anilines is 2. The van der Waals surface area contributed by atoms with Gasteiger partial charge in [-0.15, -0.1) is 29.3 Å². The van der Waals surface area contributed by atoms with Crippen molar-refractivity contribution >= 4 is 50.7 Å². The van der Waals surface area contributed by atoms with E-state index in [1.54, 1.807) is 18.4 Å². The predicted octanol–water partition coefficient (Wildman–Crippen LogP) is 3.90. The maximum atomic E-state index is 12.5. The zero-order valence-corrected chi connectivity index (χ0v) is 19.1. The van der Waals surface area contributed by atoms with Gasteiger partial charge in [-0.3, -0.25) is 4.79 Å². The topological polar surface area (TPSA) is 107 Å². The van der Waals surface area contributed by atoms with E-state index in [1.165, 1.54) is 22.7 Å². The zero-order chi connectivity index (χ0) is 22.4. The Kier molecular flexibility index (Phi) is 7.80. The van der Waals surface area contributed by atoms with E-state index in [0.717, 1.165) is 29.7 Å². The molecule has 1 aliphatic rings. The van der Waals surface area contributed by atoms with Gasteiger partial charge in [0.05, 0.1) is 12.2 Å². The van der Waals surface area contributed by atoms with Gasteiger partial charge in [-0.05, 0) is 37.7 Å². The highest BCUT2D eigenvalue weighted by atomic mass is 32.1. The number of thiazole rings is 1. The molecule has 0 aromatic carbocycles. The number of nitrogens with zero attached hydrogens (tertiary/aromatic N) is 1. The number of nitrogens with one attached hydrogen (secondary N) is 2. The molecule has 8 nitrogen and oxygen atoms in total. The van der Waals surface area contributed by atoms with Crippen molar-refractivity contribution in [3.05, 3.63) is 39.7 Å². The van der Waals surface area contributed by atoms with Gasteiger partial charge >= 0.3 is 11.9 Å². The molecule has 1 aliphatic carbocycles. The first-order valence-corrected chi connectivity index (χ1v) is 11.7. The second kappa shape index (κ2) is 10.5. The Labute approximate surface area is 188 Å².